The van der Waals surface area contributed by atoms with Crippen LogP contribution in [0.1, 0.15) is 0 Å². The molecule has 3 rings (SSSR count). The summed E-state index contributed by atoms with van der Waals surface area (Å²) in [5, 5.41) is 38.2. The van der Waals surface area contributed by atoms with Crippen LogP contribution < -0.4 is 10.2 Å². The van der Waals surface area contributed by atoms with Crippen molar-refractivity contribution in [2.75, 3.05) is 7.11 Å². The SMILES string of the molecule is COc1cc(-c2cc(=O)c3c(O)c(O)c(O)cc3o2)ccc1O. The van der Waals surface area contributed by atoms with E-state index in [0.29, 0.717) is 5.56 Å². The van der Waals surface area contributed by atoms with E-state index in [2.05, 4.69) is 0 Å². The molecule has 2 aromatic carbocycles. The average Bonchev–Trinajstić information content (AvgIpc) is 2.52. The second kappa shape index (κ2) is 5.13. The Balaban J connectivity index is 2.29. The fourth-order valence-corrected chi connectivity index (χ4v) is 2.25. The first kappa shape index (κ1) is 14.6. The molecule has 0 amide bonds. The molecule has 0 aliphatic heterocycles. The van der Waals surface area contributed by atoms with E-state index in [1.54, 1.807) is 0 Å². The monoisotopic (exact) mass is 316 g/mol. The topological polar surface area (TPSA) is 120 Å². The van der Waals surface area contributed by atoms with Crippen LogP contribution in [-0.4, -0.2) is 27.5 Å². The van der Waals surface area contributed by atoms with Gasteiger partial charge in [-0.1, -0.05) is 0 Å². The van der Waals surface area contributed by atoms with Crippen LogP contribution in [0.15, 0.2) is 39.5 Å². The van der Waals surface area contributed by atoms with Crippen LogP contribution in [0.2, 0.25) is 0 Å². The molecule has 7 nitrogen and oxygen atoms in total. The maximum Gasteiger partial charge on any atom is 0.201 e. The van der Waals surface area contributed by atoms with Crippen molar-refractivity contribution >= 4 is 11.0 Å². The van der Waals surface area contributed by atoms with Gasteiger partial charge in [-0.2, -0.15) is 0 Å². The first-order valence-electron chi connectivity index (χ1n) is 6.51. The molecular weight excluding hydrogens is 304 g/mol. The van der Waals surface area contributed by atoms with Crippen molar-refractivity contribution < 1.29 is 29.6 Å². The van der Waals surface area contributed by atoms with Gasteiger partial charge in [-0.25, -0.2) is 0 Å². The Bertz CT molecular complexity index is 972. The van der Waals surface area contributed by atoms with Gasteiger partial charge in [0.2, 0.25) is 5.75 Å². The number of fused-ring (bicyclic) bond motifs is 1. The number of ether oxygens (including phenoxy) is 1. The molecule has 0 saturated carbocycles. The summed E-state index contributed by atoms with van der Waals surface area (Å²) in [4.78, 5) is 12.2. The van der Waals surface area contributed by atoms with Crippen LogP contribution >= 0.6 is 0 Å². The van der Waals surface area contributed by atoms with E-state index in [4.69, 9.17) is 9.15 Å². The Kier molecular flexibility index (Phi) is 3.25. The fourth-order valence-electron chi connectivity index (χ4n) is 2.25. The van der Waals surface area contributed by atoms with Gasteiger partial charge in [-0.3, -0.25) is 4.79 Å². The molecule has 1 aromatic heterocycles. The molecule has 0 saturated heterocycles. The highest BCUT2D eigenvalue weighted by atomic mass is 16.5. The summed E-state index contributed by atoms with van der Waals surface area (Å²) >= 11 is 0. The van der Waals surface area contributed by atoms with Crippen molar-refractivity contribution in [3.05, 3.63) is 40.6 Å². The highest BCUT2D eigenvalue weighted by Gasteiger charge is 2.17. The zero-order valence-corrected chi connectivity index (χ0v) is 11.9. The van der Waals surface area contributed by atoms with E-state index in [1.165, 1.54) is 25.3 Å². The third-order valence-electron chi connectivity index (χ3n) is 3.41. The van der Waals surface area contributed by atoms with E-state index in [-0.39, 0.29) is 28.2 Å². The summed E-state index contributed by atoms with van der Waals surface area (Å²) in [7, 11) is 1.38. The lowest BCUT2D eigenvalue weighted by Gasteiger charge is -2.08. The summed E-state index contributed by atoms with van der Waals surface area (Å²) in [6.45, 7) is 0. The number of rotatable bonds is 2. The van der Waals surface area contributed by atoms with Crippen LogP contribution in [0.5, 0.6) is 28.7 Å². The van der Waals surface area contributed by atoms with Gasteiger partial charge in [0.1, 0.15) is 16.7 Å². The lowest BCUT2D eigenvalue weighted by Crippen LogP contribution is -2.01. The molecule has 0 aliphatic rings. The molecule has 4 N–H and O–H groups in total. The van der Waals surface area contributed by atoms with Crippen molar-refractivity contribution in [3.8, 4) is 40.1 Å². The molecule has 118 valence electrons. The third kappa shape index (κ3) is 2.28. The highest BCUT2D eigenvalue weighted by molar-refractivity contribution is 5.89. The highest BCUT2D eigenvalue weighted by Crippen LogP contribution is 2.41. The molecule has 23 heavy (non-hydrogen) atoms. The largest absolute Gasteiger partial charge is 0.504 e. The molecule has 1 heterocycles. The van der Waals surface area contributed by atoms with Gasteiger partial charge >= 0.3 is 0 Å². The first-order chi connectivity index (χ1) is 10.9. The van der Waals surface area contributed by atoms with E-state index in [1.807, 2.05) is 0 Å². The molecular formula is C16H12O7. The van der Waals surface area contributed by atoms with Crippen LogP contribution in [0.25, 0.3) is 22.3 Å². The molecule has 3 aromatic rings. The number of aromatic hydroxyl groups is 4. The quantitative estimate of drug-likeness (QED) is 0.535. The number of hydrogen-bond donors (Lipinski definition) is 4. The molecule has 0 aliphatic carbocycles. The van der Waals surface area contributed by atoms with Crippen molar-refractivity contribution in [3.63, 3.8) is 0 Å². The molecule has 0 fully saturated rings. The Morgan fingerprint density at radius 2 is 1.70 bits per heavy atom. The Labute approximate surface area is 129 Å². The smallest absolute Gasteiger partial charge is 0.201 e. The van der Waals surface area contributed by atoms with Gasteiger partial charge in [0, 0.05) is 17.7 Å². The standard InChI is InChI=1S/C16H12O7/c1-22-12-4-7(2-3-8(12)17)11-5-9(18)14-13(23-11)6-10(19)15(20)16(14)21/h2-6,17,19-21H,1H3. The summed E-state index contributed by atoms with van der Waals surface area (Å²) < 4.78 is 10.5. The number of benzene rings is 2. The predicted octanol–water partition coefficient (Wildman–Crippen LogP) is 2.29. The van der Waals surface area contributed by atoms with Gasteiger partial charge in [0.15, 0.2) is 28.4 Å². The van der Waals surface area contributed by atoms with Crippen molar-refractivity contribution in [2.24, 2.45) is 0 Å². The Hall–Kier alpha value is -3.35. The normalized spacial score (nSPS) is 10.8. The van der Waals surface area contributed by atoms with Crippen LogP contribution in [0, 0.1) is 0 Å². The first-order valence-corrected chi connectivity index (χ1v) is 6.51. The maximum absolute atomic E-state index is 12.2. The summed E-state index contributed by atoms with van der Waals surface area (Å²) in [5.74, 6) is -1.88. The van der Waals surface area contributed by atoms with Crippen LogP contribution in [0.3, 0.4) is 0 Å². The predicted molar refractivity (Wildman–Crippen MR) is 81.1 cm³/mol. The molecule has 0 atom stereocenters. The summed E-state index contributed by atoms with van der Waals surface area (Å²) in [6.07, 6.45) is 0. The van der Waals surface area contributed by atoms with E-state index >= 15 is 0 Å². The molecule has 0 radical (unpaired) electrons. The minimum absolute atomic E-state index is 0.0698. The maximum atomic E-state index is 12.2. The second-order valence-corrected chi connectivity index (χ2v) is 4.83. The average molecular weight is 316 g/mol. The molecule has 7 heteroatoms. The number of methoxy groups -OCH3 is 1. The number of phenolic OH excluding ortho intramolecular Hbond substituents is 4. The van der Waals surface area contributed by atoms with Crippen molar-refractivity contribution in [1.82, 2.24) is 0 Å². The van der Waals surface area contributed by atoms with Gasteiger partial charge in [-0.15, -0.1) is 0 Å². The van der Waals surface area contributed by atoms with Crippen molar-refractivity contribution in [2.45, 2.75) is 0 Å². The van der Waals surface area contributed by atoms with Gasteiger partial charge in [0.25, 0.3) is 0 Å². The Morgan fingerprint density at radius 3 is 2.39 bits per heavy atom. The number of phenols is 4. The Morgan fingerprint density at radius 1 is 0.957 bits per heavy atom. The fraction of sp³-hybridized carbons (Fsp3) is 0.0625. The zero-order valence-electron chi connectivity index (χ0n) is 11.9. The zero-order chi connectivity index (χ0) is 16.7. The second-order valence-electron chi connectivity index (χ2n) is 4.83. The minimum atomic E-state index is -0.788. The molecule has 0 bridgehead atoms. The van der Waals surface area contributed by atoms with Crippen LogP contribution in [0.4, 0.5) is 0 Å². The van der Waals surface area contributed by atoms with E-state index in [9.17, 15) is 25.2 Å². The van der Waals surface area contributed by atoms with Gasteiger partial charge < -0.3 is 29.6 Å². The molecule has 0 spiro atoms. The summed E-state index contributed by atoms with van der Waals surface area (Å²) in [6, 6.07) is 6.53. The third-order valence-corrected chi connectivity index (χ3v) is 3.41. The minimum Gasteiger partial charge on any atom is -0.504 e. The van der Waals surface area contributed by atoms with Gasteiger partial charge in [0.05, 0.1) is 7.11 Å². The van der Waals surface area contributed by atoms with Gasteiger partial charge in [-0.05, 0) is 18.2 Å². The lowest BCUT2D eigenvalue weighted by molar-refractivity contribution is 0.370. The van der Waals surface area contributed by atoms with Crippen molar-refractivity contribution in [1.29, 1.82) is 0 Å². The summed E-state index contributed by atoms with van der Waals surface area (Å²) in [5.41, 5.74) is -0.237. The van der Waals surface area contributed by atoms with E-state index < -0.39 is 22.7 Å². The lowest BCUT2D eigenvalue weighted by atomic mass is 10.1. The van der Waals surface area contributed by atoms with E-state index in [0.717, 1.165) is 12.1 Å². The number of hydrogen-bond acceptors (Lipinski definition) is 7. The molecule has 0 unspecified atom stereocenters. The van der Waals surface area contributed by atoms with Crippen LogP contribution in [-0.2, 0) is 0 Å².